The van der Waals surface area contributed by atoms with Gasteiger partial charge >= 0.3 is 5.97 Å². The largest absolute Gasteiger partial charge is 0.497 e. The van der Waals surface area contributed by atoms with Crippen LogP contribution in [0.5, 0.6) is 5.75 Å². The lowest BCUT2D eigenvalue weighted by Crippen LogP contribution is -2.36. The van der Waals surface area contributed by atoms with Crippen LogP contribution >= 0.6 is 0 Å². The van der Waals surface area contributed by atoms with Crippen LogP contribution in [0.4, 0.5) is 0 Å². The molecule has 1 saturated carbocycles. The number of hydrogen-bond donors (Lipinski definition) is 0. The molecular weight excluding hydrogens is 442 g/mol. The van der Waals surface area contributed by atoms with Gasteiger partial charge in [-0.1, -0.05) is 48.0 Å². The number of hydrogen-bond acceptors (Lipinski definition) is 5. The second-order valence-corrected chi connectivity index (χ2v) is 8.87. The number of carbonyl (C=O) groups is 3. The van der Waals surface area contributed by atoms with Gasteiger partial charge in [0, 0.05) is 23.7 Å². The molecule has 1 aliphatic carbocycles. The zero-order chi connectivity index (χ0) is 24.9. The molecule has 3 aromatic rings. The Kier molecular flexibility index (Phi) is 7.30. The van der Waals surface area contributed by atoms with Gasteiger partial charge < -0.3 is 14.4 Å². The summed E-state index contributed by atoms with van der Waals surface area (Å²) in [4.78, 5) is 40.9. The van der Waals surface area contributed by atoms with Gasteiger partial charge in [-0.15, -0.1) is 0 Å². The third-order valence-corrected chi connectivity index (χ3v) is 6.18. The second kappa shape index (κ2) is 10.6. The molecular formula is C29H29NO5. The lowest BCUT2D eigenvalue weighted by Gasteiger charge is -2.22. The van der Waals surface area contributed by atoms with E-state index in [2.05, 4.69) is 0 Å². The topological polar surface area (TPSA) is 72.9 Å². The van der Waals surface area contributed by atoms with Crippen molar-refractivity contribution in [3.8, 4) is 5.75 Å². The minimum Gasteiger partial charge on any atom is -0.497 e. The van der Waals surface area contributed by atoms with Crippen molar-refractivity contribution in [2.75, 3.05) is 13.7 Å². The second-order valence-electron chi connectivity index (χ2n) is 8.87. The van der Waals surface area contributed by atoms with Crippen LogP contribution in [-0.2, 0) is 16.1 Å². The number of ether oxygens (including phenoxy) is 2. The number of aryl methyl sites for hydroxylation is 2. The summed E-state index contributed by atoms with van der Waals surface area (Å²) in [5, 5.41) is 0. The standard InChI is InChI=1S/C29H29NO5/c1-19-8-9-20(2)26(16-19)28(32)24-6-4-5-7-25(24)29(33)35-18-27(31)30(22-12-13-22)17-21-10-14-23(34-3)15-11-21/h4-11,14-16,22H,12-13,17-18H2,1-3H3. The highest BCUT2D eigenvalue weighted by atomic mass is 16.5. The van der Waals surface area contributed by atoms with Crippen LogP contribution in [0.25, 0.3) is 0 Å². The fourth-order valence-corrected chi connectivity index (χ4v) is 4.01. The number of benzene rings is 3. The van der Waals surface area contributed by atoms with Crippen molar-refractivity contribution in [3.05, 3.63) is 100 Å². The molecule has 35 heavy (non-hydrogen) atoms. The lowest BCUT2D eigenvalue weighted by molar-refractivity contribution is -0.135. The van der Waals surface area contributed by atoms with Gasteiger partial charge in [0.05, 0.1) is 12.7 Å². The van der Waals surface area contributed by atoms with E-state index in [1.165, 1.54) is 0 Å². The van der Waals surface area contributed by atoms with Crippen molar-refractivity contribution < 1.29 is 23.9 Å². The van der Waals surface area contributed by atoms with Gasteiger partial charge in [-0.2, -0.15) is 0 Å². The lowest BCUT2D eigenvalue weighted by atomic mass is 9.94. The molecule has 0 unspecified atom stereocenters. The number of rotatable bonds is 9. The molecule has 0 aromatic heterocycles. The minimum atomic E-state index is -0.687. The number of carbonyl (C=O) groups excluding carboxylic acids is 3. The van der Waals surface area contributed by atoms with Gasteiger partial charge in [0.25, 0.3) is 5.91 Å². The summed E-state index contributed by atoms with van der Waals surface area (Å²) < 4.78 is 10.6. The Labute approximate surface area is 205 Å². The van der Waals surface area contributed by atoms with E-state index in [4.69, 9.17) is 9.47 Å². The Balaban J connectivity index is 1.45. The molecule has 1 aliphatic rings. The maximum absolute atomic E-state index is 13.2. The minimum absolute atomic E-state index is 0.152. The first-order chi connectivity index (χ1) is 16.9. The van der Waals surface area contributed by atoms with Crippen LogP contribution in [0.3, 0.4) is 0 Å². The van der Waals surface area contributed by atoms with Crippen LogP contribution in [0.15, 0.2) is 66.7 Å². The Hall–Kier alpha value is -3.93. The third-order valence-electron chi connectivity index (χ3n) is 6.18. The van der Waals surface area contributed by atoms with E-state index < -0.39 is 5.97 Å². The molecule has 0 atom stereocenters. The van der Waals surface area contributed by atoms with Gasteiger partial charge in [-0.05, 0) is 62.1 Å². The number of methoxy groups -OCH3 is 1. The molecule has 6 nitrogen and oxygen atoms in total. The highest BCUT2D eigenvalue weighted by Crippen LogP contribution is 2.29. The molecule has 0 saturated heterocycles. The smallest absolute Gasteiger partial charge is 0.339 e. The number of amides is 1. The van der Waals surface area contributed by atoms with E-state index in [1.807, 2.05) is 56.3 Å². The number of ketones is 1. The average molecular weight is 472 g/mol. The predicted octanol–water partition coefficient (Wildman–Crippen LogP) is 4.89. The summed E-state index contributed by atoms with van der Waals surface area (Å²) >= 11 is 0. The summed E-state index contributed by atoms with van der Waals surface area (Å²) in [6.45, 7) is 3.84. The van der Waals surface area contributed by atoms with Crippen molar-refractivity contribution in [1.29, 1.82) is 0 Å². The van der Waals surface area contributed by atoms with Crippen LogP contribution in [0.2, 0.25) is 0 Å². The fraction of sp³-hybridized carbons (Fsp3) is 0.276. The summed E-state index contributed by atoms with van der Waals surface area (Å²) in [5.41, 5.74) is 3.72. The zero-order valence-electron chi connectivity index (χ0n) is 20.2. The summed E-state index contributed by atoms with van der Waals surface area (Å²) in [7, 11) is 1.61. The Morgan fingerprint density at radius 2 is 1.57 bits per heavy atom. The van der Waals surface area contributed by atoms with Crippen molar-refractivity contribution in [3.63, 3.8) is 0 Å². The molecule has 1 amide bonds. The molecule has 0 N–H and O–H groups in total. The van der Waals surface area contributed by atoms with Gasteiger partial charge in [0.2, 0.25) is 0 Å². The maximum Gasteiger partial charge on any atom is 0.339 e. The van der Waals surface area contributed by atoms with Crippen LogP contribution in [0.1, 0.15) is 55.8 Å². The summed E-state index contributed by atoms with van der Waals surface area (Å²) in [6, 6.07) is 19.9. The highest BCUT2D eigenvalue weighted by Gasteiger charge is 2.33. The van der Waals surface area contributed by atoms with E-state index in [1.54, 1.807) is 36.3 Å². The van der Waals surface area contributed by atoms with Crippen LogP contribution < -0.4 is 4.74 Å². The Morgan fingerprint density at radius 1 is 0.886 bits per heavy atom. The molecule has 0 bridgehead atoms. The van der Waals surface area contributed by atoms with E-state index in [-0.39, 0.29) is 35.5 Å². The summed E-state index contributed by atoms with van der Waals surface area (Å²) in [5.74, 6) is -0.437. The van der Waals surface area contributed by atoms with E-state index in [0.717, 1.165) is 35.3 Å². The first-order valence-corrected chi connectivity index (χ1v) is 11.7. The number of esters is 1. The van der Waals surface area contributed by atoms with Gasteiger partial charge in [0.1, 0.15) is 5.75 Å². The Morgan fingerprint density at radius 3 is 2.23 bits per heavy atom. The molecule has 1 fully saturated rings. The highest BCUT2D eigenvalue weighted by molar-refractivity contribution is 6.15. The fourth-order valence-electron chi connectivity index (χ4n) is 4.01. The molecule has 6 heteroatoms. The van der Waals surface area contributed by atoms with Crippen molar-refractivity contribution in [2.24, 2.45) is 0 Å². The molecule has 3 aromatic carbocycles. The van der Waals surface area contributed by atoms with Gasteiger partial charge in [0.15, 0.2) is 12.4 Å². The molecule has 0 aliphatic heterocycles. The quantitative estimate of drug-likeness (QED) is 0.328. The molecule has 180 valence electrons. The SMILES string of the molecule is COc1ccc(CN(C(=O)COC(=O)c2ccccc2C(=O)c2cc(C)ccc2C)C2CC2)cc1. The van der Waals surface area contributed by atoms with Crippen molar-refractivity contribution in [1.82, 2.24) is 4.90 Å². The van der Waals surface area contributed by atoms with Crippen LogP contribution in [0, 0.1) is 13.8 Å². The average Bonchev–Trinajstić information content (AvgIpc) is 3.72. The number of nitrogens with zero attached hydrogens (tertiary/aromatic N) is 1. The third kappa shape index (κ3) is 5.77. The predicted molar refractivity (Wildman–Crippen MR) is 133 cm³/mol. The van der Waals surface area contributed by atoms with E-state index in [9.17, 15) is 14.4 Å². The van der Waals surface area contributed by atoms with Gasteiger partial charge in [-0.3, -0.25) is 9.59 Å². The monoisotopic (exact) mass is 471 g/mol. The first-order valence-electron chi connectivity index (χ1n) is 11.7. The van der Waals surface area contributed by atoms with Crippen LogP contribution in [-0.4, -0.2) is 42.3 Å². The molecule has 0 spiro atoms. The molecule has 4 rings (SSSR count). The molecule has 0 heterocycles. The normalized spacial score (nSPS) is 12.7. The van der Waals surface area contributed by atoms with Crippen molar-refractivity contribution >= 4 is 17.7 Å². The van der Waals surface area contributed by atoms with E-state index in [0.29, 0.717) is 12.1 Å². The summed E-state index contributed by atoms with van der Waals surface area (Å²) in [6.07, 6.45) is 1.87. The molecule has 0 radical (unpaired) electrons. The maximum atomic E-state index is 13.2. The Bertz CT molecular complexity index is 1240. The van der Waals surface area contributed by atoms with Crippen molar-refractivity contribution in [2.45, 2.75) is 39.3 Å². The van der Waals surface area contributed by atoms with Gasteiger partial charge in [-0.25, -0.2) is 4.79 Å². The van der Waals surface area contributed by atoms with E-state index >= 15 is 0 Å². The first kappa shape index (κ1) is 24.2. The zero-order valence-corrected chi connectivity index (χ0v) is 20.2.